The second-order valence-electron chi connectivity index (χ2n) is 2.72. The molecule has 0 unspecified atom stereocenters. The molecule has 0 N–H and O–H groups in total. The molecule has 0 amide bonds. The predicted molar refractivity (Wildman–Crippen MR) is 39.5 cm³/mol. The summed E-state index contributed by atoms with van der Waals surface area (Å²) in [5.74, 6) is -2.13. The Balaban J connectivity index is 3.52. The highest BCUT2D eigenvalue weighted by molar-refractivity contribution is 5.72. The largest absolute Gasteiger partial charge is 0.421 e. The van der Waals surface area contributed by atoms with Gasteiger partial charge in [0.1, 0.15) is 11.3 Å². The smallest absolute Gasteiger partial charge is 0.296 e. The summed E-state index contributed by atoms with van der Waals surface area (Å²) in [6.07, 6.45) is -8.95. The Hall–Kier alpha value is -1.60. The molecule has 0 radical (unpaired) electrons. The molecule has 1 aromatic rings. The molecular weight excluding hydrogens is 240 g/mol. The summed E-state index contributed by atoms with van der Waals surface area (Å²) in [6, 6.07) is 0.212. The molecule has 0 aliphatic heterocycles. The molecule has 0 saturated heterocycles. The molecule has 0 fully saturated rings. The van der Waals surface area contributed by atoms with E-state index >= 15 is 0 Å². The van der Waals surface area contributed by atoms with Crippen LogP contribution in [0.4, 0.5) is 26.3 Å². The maximum atomic E-state index is 12.8. The van der Waals surface area contributed by atoms with E-state index in [-0.39, 0.29) is 12.4 Å². The number of aldehydes is 1. The Labute approximate surface area is 84.9 Å². The fraction of sp³-hybridized carbons (Fsp3) is 0.250. The molecule has 0 aromatic carbocycles. The molecule has 16 heavy (non-hydrogen) atoms. The van der Waals surface area contributed by atoms with E-state index in [1.54, 1.807) is 0 Å². The summed E-state index contributed by atoms with van der Waals surface area (Å²) in [5.41, 5.74) is -4.56. The number of carbonyl (C=O) groups is 1. The van der Waals surface area contributed by atoms with Gasteiger partial charge in [0.25, 0.3) is 6.43 Å². The van der Waals surface area contributed by atoms with Crippen LogP contribution in [0.1, 0.15) is 28.0 Å². The fourth-order valence-electron chi connectivity index (χ4n) is 1.07. The zero-order valence-electron chi connectivity index (χ0n) is 7.36. The number of aromatic nitrogens is 1. The minimum atomic E-state index is -5.29. The van der Waals surface area contributed by atoms with Gasteiger partial charge < -0.3 is 0 Å². The molecular formula is C8H3F6NO. The van der Waals surface area contributed by atoms with Crippen molar-refractivity contribution in [3.63, 3.8) is 0 Å². The lowest BCUT2D eigenvalue weighted by atomic mass is 10.1. The topological polar surface area (TPSA) is 30.0 Å². The van der Waals surface area contributed by atoms with Crippen molar-refractivity contribution in [3.8, 4) is 0 Å². The normalized spacial score (nSPS) is 11.9. The van der Waals surface area contributed by atoms with Gasteiger partial charge in [-0.05, 0) is 6.07 Å². The Morgan fingerprint density at radius 3 is 2.25 bits per heavy atom. The number of halogens is 6. The predicted octanol–water partition coefficient (Wildman–Crippen LogP) is 2.99. The quantitative estimate of drug-likeness (QED) is 0.454. The van der Waals surface area contributed by atoms with E-state index in [1.165, 1.54) is 0 Å². The van der Waals surface area contributed by atoms with Crippen LogP contribution in [0, 0.1) is 5.95 Å². The summed E-state index contributed by atoms with van der Waals surface area (Å²) in [5, 5.41) is 0. The standard InChI is InChI=1S/C8H3F6NO/c9-6(10)4-1-3(2-16)15-7(11)5(4)8(12,13)14/h1-2,6H. The van der Waals surface area contributed by atoms with Crippen molar-refractivity contribution >= 4 is 6.29 Å². The van der Waals surface area contributed by atoms with E-state index in [2.05, 4.69) is 4.98 Å². The molecule has 2 nitrogen and oxygen atoms in total. The lowest BCUT2D eigenvalue weighted by Crippen LogP contribution is -2.15. The minimum Gasteiger partial charge on any atom is -0.296 e. The average Bonchev–Trinajstić information content (AvgIpc) is 2.14. The Morgan fingerprint density at radius 2 is 1.88 bits per heavy atom. The van der Waals surface area contributed by atoms with E-state index in [0.717, 1.165) is 0 Å². The first-order valence-electron chi connectivity index (χ1n) is 3.78. The summed E-state index contributed by atoms with van der Waals surface area (Å²) in [6.45, 7) is 0. The number of rotatable bonds is 2. The first kappa shape index (κ1) is 12.5. The first-order valence-corrected chi connectivity index (χ1v) is 3.78. The summed E-state index contributed by atoms with van der Waals surface area (Å²) in [4.78, 5) is 12.8. The number of nitrogens with zero attached hydrogens (tertiary/aromatic N) is 1. The van der Waals surface area contributed by atoms with Crippen molar-refractivity contribution in [2.45, 2.75) is 12.6 Å². The van der Waals surface area contributed by atoms with Crippen LogP contribution < -0.4 is 0 Å². The van der Waals surface area contributed by atoms with Crippen molar-refractivity contribution in [2.24, 2.45) is 0 Å². The Morgan fingerprint density at radius 1 is 1.31 bits per heavy atom. The third kappa shape index (κ3) is 2.31. The molecule has 8 heteroatoms. The zero-order chi connectivity index (χ0) is 12.5. The van der Waals surface area contributed by atoms with Gasteiger partial charge in [0.2, 0.25) is 5.95 Å². The molecule has 88 valence electrons. The van der Waals surface area contributed by atoms with Crippen molar-refractivity contribution in [1.82, 2.24) is 4.98 Å². The molecule has 1 aromatic heterocycles. The van der Waals surface area contributed by atoms with E-state index in [0.29, 0.717) is 0 Å². The van der Waals surface area contributed by atoms with Crippen molar-refractivity contribution < 1.29 is 31.1 Å². The highest BCUT2D eigenvalue weighted by atomic mass is 19.4. The van der Waals surface area contributed by atoms with Crippen molar-refractivity contribution in [1.29, 1.82) is 0 Å². The van der Waals surface area contributed by atoms with Gasteiger partial charge in [-0.15, -0.1) is 0 Å². The zero-order valence-corrected chi connectivity index (χ0v) is 7.36. The maximum Gasteiger partial charge on any atom is 0.421 e. The highest BCUT2D eigenvalue weighted by Gasteiger charge is 2.40. The molecule has 0 bridgehead atoms. The number of pyridine rings is 1. The number of alkyl halides is 5. The summed E-state index contributed by atoms with van der Waals surface area (Å²) >= 11 is 0. The number of hydrogen-bond acceptors (Lipinski definition) is 2. The van der Waals surface area contributed by atoms with E-state index < -0.39 is 35.4 Å². The van der Waals surface area contributed by atoms with E-state index in [9.17, 15) is 31.1 Å². The van der Waals surface area contributed by atoms with Crippen LogP contribution in [0.25, 0.3) is 0 Å². The second kappa shape index (κ2) is 4.11. The highest BCUT2D eigenvalue weighted by Crippen LogP contribution is 2.37. The lowest BCUT2D eigenvalue weighted by molar-refractivity contribution is -0.142. The Kier molecular flexibility index (Phi) is 3.20. The maximum absolute atomic E-state index is 12.8. The monoisotopic (exact) mass is 243 g/mol. The Bertz CT molecular complexity index is 414. The van der Waals surface area contributed by atoms with Crippen LogP contribution in [-0.2, 0) is 6.18 Å². The van der Waals surface area contributed by atoms with Crippen LogP contribution in [0.15, 0.2) is 6.07 Å². The molecule has 0 spiro atoms. The number of carbonyl (C=O) groups excluding carboxylic acids is 1. The van der Waals surface area contributed by atoms with Gasteiger partial charge in [-0.3, -0.25) is 4.79 Å². The van der Waals surface area contributed by atoms with Gasteiger partial charge in [-0.2, -0.15) is 17.6 Å². The molecule has 1 heterocycles. The fourth-order valence-corrected chi connectivity index (χ4v) is 1.07. The van der Waals surface area contributed by atoms with E-state index in [1.807, 2.05) is 0 Å². The van der Waals surface area contributed by atoms with Crippen LogP contribution in [0.5, 0.6) is 0 Å². The van der Waals surface area contributed by atoms with Gasteiger partial charge in [-0.25, -0.2) is 13.8 Å². The summed E-state index contributed by atoms with van der Waals surface area (Å²) < 4.78 is 73.9. The third-order valence-corrected chi connectivity index (χ3v) is 1.66. The summed E-state index contributed by atoms with van der Waals surface area (Å²) in [7, 11) is 0. The third-order valence-electron chi connectivity index (χ3n) is 1.66. The van der Waals surface area contributed by atoms with Crippen molar-refractivity contribution in [3.05, 3.63) is 28.8 Å². The first-order chi connectivity index (χ1) is 7.27. The molecule has 0 atom stereocenters. The van der Waals surface area contributed by atoms with Gasteiger partial charge in [0.05, 0.1) is 0 Å². The van der Waals surface area contributed by atoms with Crippen LogP contribution in [0.3, 0.4) is 0 Å². The minimum absolute atomic E-state index is 0.116. The van der Waals surface area contributed by atoms with Gasteiger partial charge >= 0.3 is 6.18 Å². The van der Waals surface area contributed by atoms with Crippen molar-refractivity contribution in [2.75, 3.05) is 0 Å². The molecule has 1 rings (SSSR count). The van der Waals surface area contributed by atoms with Gasteiger partial charge in [0, 0.05) is 5.56 Å². The second-order valence-corrected chi connectivity index (χ2v) is 2.72. The van der Waals surface area contributed by atoms with Crippen LogP contribution in [-0.4, -0.2) is 11.3 Å². The average molecular weight is 243 g/mol. The van der Waals surface area contributed by atoms with Crippen LogP contribution >= 0.6 is 0 Å². The number of hydrogen-bond donors (Lipinski definition) is 0. The van der Waals surface area contributed by atoms with Gasteiger partial charge in [-0.1, -0.05) is 0 Å². The lowest BCUT2D eigenvalue weighted by Gasteiger charge is -2.12. The van der Waals surface area contributed by atoms with Crippen LogP contribution in [0.2, 0.25) is 0 Å². The van der Waals surface area contributed by atoms with E-state index in [4.69, 9.17) is 0 Å². The SMILES string of the molecule is O=Cc1cc(C(F)F)c(C(F)(F)F)c(F)n1. The van der Waals surface area contributed by atoms with Gasteiger partial charge in [0.15, 0.2) is 6.29 Å². The molecule has 0 saturated carbocycles. The molecule has 0 aliphatic rings. The molecule has 0 aliphatic carbocycles.